The third-order valence-electron chi connectivity index (χ3n) is 2.71. The highest BCUT2D eigenvalue weighted by Gasteiger charge is 2.16. The van der Waals surface area contributed by atoms with E-state index < -0.39 is 6.61 Å². The van der Waals surface area contributed by atoms with Crippen LogP contribution in [0, 0.1) is 5.92 Å². The Morgan fingerprint density at radius 3 is 2.94 bits per heavy atom. The molecular formula is C12H15F2NO2. The quantitative estimate of drug-likeness (QED) is 0.862. The van der Waals surface area contributed by atoms with Gasteiger partial charge < -0.3 is 14.8 Å². The molecule has 5 heteroatoms. The van der Waals surface area contributed by atoms with Gasteiger partial charge in [0.25, 0.3) is 0 Å². The Morgan fingerprint density at radius 2 is 2.24 bits per heavy atom. The summed E-state index contributed by atoms with van der Waals surface area (Å²) in [7, 11) is 0. The predicted molar refractivity (Wildman–Crippen MR) is 60.5 cm³/mol. The molecule has 1 atom stereocenters. The maximum Gasteiger partial charge on any atom is 0.387 e. The second-order valence-electron chi connectivity index (χ2n) is 3.99. The molecule has 0 saturated carbocycles. The lowest BCUT2D eigenvalue weighted by atomic mass is 10.1. The lowest BCUT2D eigenvalue weighted by Crippen LogP contribution is -2.15. The zero-order chi connectivity index (χ0) is 12.1. The topological polar surface area (TPSA) is 30.5 Å². The number of nitrogens with one attached hydrogen (secondary N) is 1. The number of benzene rings is 1. The fourth-order valence-corrected chi connectivity index (χ4v) is 1.81. The zero-order valence-electron chi connectivity index (χ0n) is 9.36. The number of halogens is 2. The number of ether oxygens (including phenoxy) is 2. The monoisotopic (exact) mass is 243 g/mol. The zero-order valence-corrected chi connectivity index (χ0v) is 9.36. The van der Waals surface area contributed by atoms with E-state index in [2.05, 4.69) is 10.1 Å². The van der Waals surface area contributed by atoms with E-state index in [-0.39, 0.29) is 5.75 Å². The molecule has 94 valence electrons. The number of alkyl halides is 2. The molecule has 1 unspecified atom stereocenters. The molecule has 0 aliphatic carbocycles. The molecule has 1 heterocycles. The first kappa shape index (κ1) is 12.1. The van der Waals surface area contributed by atoms with Crippen molar-refractivity contribution in [1.29, 1.82) is 0 Å². The van der Waals surface area contributed by atoms with E-state index in [1.165, 1.54) is 6.07 Å². The molecule has 1 aliphatic heterocycles. The minimum Gasteiger partial charge on any atom is -0.433 e. The summed E-state index contributed by atoms with van der Waals surface area (Å²) in [6.07, 6.45) is 1.00. The summed E-state index contributed by atoms with van der Waals surface area (Å²) < 4.78 is 34.0. The van der Waals surface area contributed by atoms with Gasteiger partial charge in [-0.25, -0.2) is 0 Å². The van der Waals surface area contributed by atoms with Crippen LogP contribution in [0.25, 0.3) is 0 Å². The highest BCUT2D eigenvalue weighted by Crippen LogP contribution is 2.26. The highest BCUT2D eigenvalue weighted by atomic mass is 19.3. The van der Waals surface area contributed by atoms with Crippen LogP contribution in [0.4, 0.5) is 14.5 Å². The number of para-hydroxylation sites is 2. The van der Waals surface area contributed by atoms with Gasteiger partial charge in [0.2, 0.25) is 0 Å². The largest absolute Gasteiger partial charge is 0.433 e. The molecule has 0 radical (unpaired) electrons. The summed E-state index contributed by atoms with van der Waals surface area (Å²) in [4.78, 5) is 0. The number of anilines is 1. The Balaban J connectivity index is 1.94. The van der Waals surface area contributed by atoms with Crippen molar-refractivity contribution in [3.05, 3.63) is 24.3 Å². The SMILES string of the molecule is FC(F)Oc1ccccc1NCC1CCOC1. The average molecular weight is 243 g/mol. The van der Waals surface area contributed by atoms with Crippen molar-refractivity contribution >= 4 is 5.69 Å². The van der Waals surface area contributed by atoms with Crippen LogP contribution >= 0.6 is 0 Å². The highest BCUT2D eigenvalue weighted by molar-refractivity contribution is 5.56. The molecule has 2 rings (SSSR count). The summed E-state index contributed by atoms with van der Waals surface area (Å²) in [5, 5.41) is 3.12. The van der Waals surface area contributed by atoms with E-state index in [1.54, 1.807) is 18.2 Å². The molecule has 0 aromatic heterocycles. The van der Waals surface area contributed by atoms with Crippen LogP contribution in [0.15, 0.2) is 24.3 Å². The van der Waals surface area contributed by atoms with Crippen molar-refractivity contribution in [2.45, 2.75) is 13.0 Å². The Morgan fingerprint density at radius 1 is 1.41 bits per heavy atom. The van der Waals surface area contributed by atoms with E-state index >= 15 is 0 Å². The Labute approximate surface area is 98.7 Å². The van der Waals surface area contributed by atoms with Crippen molar-refractivity contribution in [2.75, 3.05) is 25.1 Å². The van der Waals surface area contributed by atoms with Crippen LogP contribution in [0.2, 0.25) is 0 Å². The third kappa shape index (κ3) is 3.56. The fourth-order valence-electron chi connectivity index (χ4n) is 1.81. The van der Waals surface area contributed by atoms with E-state index in [0.29, 0.717) is 18.2 Å². The maximum atomic E-state index is 12.2. The smallest absolute Gasteiger partial charge is 0.387 e. The third-order valence-corrected chi connectivity index (χ3v) is 2.71. The second kappa shape index (κ2) is 5.82. The summed E-state index contributed by atoms with van der Waals surface area (Å²) in [6, 6.07) is 6.71. The van der Waals surface area contributed by atoms with Crippen LogP contribution in [0.1, 0.15) is 6.42 Å². The van der Waals surface area contributed by atoms with Crippen molar-refractivity contribution in [1.82, 2.24) is 0 Å². The van der Waals surface area contributed by atoms with Crippen molar-refractivity contribution in [3.8, 4) is 5.75 Å². The van der Waals surface area contributed by atoms with Crippen LogP contribution in [-0.2, 0) is 4.74 Å². The number of hydrogen-bond acceptors (Lipinski definition) is 3. The minimum atomic E-state index is -2.80. The Bertz CT molecular complexity index is 354. The average Bonchev–Trinajstić information content (AvgIpc) is 2.80. The van der Waals surface area contributed by atoms with Gasteiger partial charge in [0.1, 0.15) is 5.75 Å². The molecule has 1 N–H and O–H groups in total. The first-order chi connectivity index (χ1) is 8.25. The molecule has 0 amide bonds. The predicted octanol–water partition coefficient (Wildman–Crippen LogP) is 2.74. The molecule has 1 saturated heterocycles. The van der Waals surface area contributed by atoms with Gasteiger partial charge >= 0.3 is 6.61 Å². The molecule has 1 aliphatic rings. The van der Waals surface area contributed by atoms with Gasteiger partial charge in [-0.15, -0.1) is 0 Å². The lowest BCUT2D eigenvalue weighted by molar-refractivity contribution is -0.0493. The van der Waals surface area contributed by atoms with Gasteiger partial charge in [-0.3, -0.25) is 0 Å². The molecular weight excluding hydrogens is 228 g/mol. The second-order valence-corrected chi connectivity index (χ2v) is 3.99. The Kier molecular flexibility index (Phi) is 4.14. The molecule has 1 aromatic carbocycles. The van der Waals surface area contributed by atoms with Crippen molar-refractivity contribution in [2.24, 2.45) is 5.92 Å². The Hall–Kier alpha value is -1.36. The van der Waals surface area contributed by atoms with Gasteiger partial charge in [-0.05, 0) is 18.6 Å². The lowest BCUT2D eigenvalue weighted by Gasteiger charge is -2.14. The summed E-state index contributed by atoms with van der Waals surface area (Å²) in [5.74, 6) is 0.621. The summed E-state index contributed by atoms with van der Waals surface area (Å²) in [6.45, 7) is -0.580. The molecule has 1 aromatic rings. The van der Waals surface area contributed by atoms with Crippen LogP contribution < -0.4 is 10.1 Å². The minimum absolute atomic E-state index is 0.182. The normalized spacial score (nSPS) is 19.6. The molecule has 3 nitrogen and oxygen atoms in total. The van der Waals surface area contributed by atoms with E-state index in [9.17, 15) is 8.78 Å². The van der Waals surface area contributed by atoms with Crippen LogP contribution in [0.3, 0.4) is 0 Å². The van der Waals surface area contributed by atoms with Gasteiger partial charge in [-0.2, -0.15) is 8.78 Å². The molecule has 1 fully saturated rings. The maximum absolute atomic E-state index is 12.2. The molecule has 0 spiro atoms. The van der Waals surface area contributed by atoms with E-state index in [4.69, 9.17) is 4.74 Å². The standard InChI is InChI=1S/C12H15F2NO2/c13-12(14)17-11-4-2-1-3-10(11)15-7-9-5-6-16-8-9/h1-4,9,12,15H,5-8H2. The van der Waals surface area contributed by atoms with Gasteiger partial charge in [0.15, 0.2) is 0 Å². The van der Waals surface area contributed by atoms with Crippen LogP contribution in [0.5, 0.6) is 5.75 Å². The number of hydrogen-bond donors (Lipinski definition) is 1. The number of rotatable bonds is 5. The van der Waals surface area contributed by atoms with Crippen LogP contribution in [-0.4, -0.2) is 26.4 Å². The molecule has 17 heavy (non-hydrogen) atoms. The van der Waals surface area contributed by atoms with Gasteiger partial charge in [0.05, 0.1) is 12.3 Å². The van der Waals surface area contributed by atoms with Crippen molar-refractivity contribution in [3.63, 3.8) is 0 Å². The first-order valence-corrected chi connectivity index (χ1v) is 5.61. The summed E-state index contributed by atoms with van der Waals surface area (Å²) >= 11 is 0. The van der Waals surface area contributed by atoms with Gasteiger partial charge in [-0.1, -0.05) is 12.1 Å². The first-order valence-electron chi connectivity index (χ1n) is 5.61. The summed E-state index contributed by atoms with van der Waals surface area (Å²) in [5.41, 5.74) is 0.597. The van der Waals surface area contributed by atoms with E-state index in [0.717, 1.165) is 19.6 Å². The van der Waals surface area contributed by atoms with E-state index in [1.807, 2.05) is 0 Å². The molecule has 0 bridgehead atoms. The fraction of sp³-hybridized carbons (Fsp3) is 0.500. The van der Waals surface area contributed by atoms with Crippen molar-refractivity contribution < 1.29 is 18.3 Å². The van der Waals surface area contributed by atoms with Gasteiger partial charge in [0, 0.05) is 19.1 Å².